The molecule has 2 heterocycles. The van der Waals surface area contributed by atoms with E-state index in [2.05, 4.69) is 10.2 Å². The van der Waals surface area contributed by atoms with Crippen molar-refractivity contribution in [3.63, 3.8) is 0 Å². The fourth-order valence-corrected chi connectivity index (χ4v) is 3.55. The van der Waals surface area contributed by atoms with Gasteiger partial charge >= 0.3 is 0 Å². The first-order valence-electron chi connectivity index (χ1n) is 9.70. The summed E-state index contributed by atoms with van der Waals surface area (Å²) >= 11 is 0. The van der Waals surface area contributed by atoms with Crippen molar-refractivity contribution in [2.24, 2.45) is 0 Å². The molecule has 142 valence electrons. The molecule has 0 radical (unpaired) electrons. The van der Waals surface area contributed by atoms with E-state index in [4.69, 9.17) is 4.74 Å². The van der Waals surface area contributed by atoms with E-state index in [0.717, 1.165) is 25.3 Å². The maximum Gasteiger partial charge on any atom is 0.255 e. The number of hydrogen-bond donors (Lipinski definition) is 1. The highest BCUT2D eigenvalue weighted by Gasteiger charge is 2.29. The molecule has 0 bridgehead atoms. The molecule has 0 aromatic heterocycles. The van der Waals surface area contributed by atoms with Crippen LogP contribution in [0.1, 0.15) is 32.1 Å². The molecule has 2 aliphatic heterocycles. The summed E-state index contributed by atoms with van der Waals surface area (Å²) < 4.78 is 5.59. The van der Waals surface area contributed by atoms with Crippen molar-refractivity contribution in [2.75, 3.05) is 44.6 Å². The lowest BCUT2D eigenvalue weighted by atomic mass is 10.2. The Hall–Kier alpha value is -1.92. The summed E-state index contributed by atoms with van der Waals surface area (Å²) in [4.78, 5) is 29.1. The van der Waals surface area contributed by atoms with Crippen LogP contribution in [0.25, 0.3) is 0 Å². The first-order chi connectivity index (χ1) is 12.7. The Bertz CT molecular complexity index is 585. The molecule has 2 amide bonds. The van der Waals surface area contributed by atoms with Crippen molar-refractivity contribution in [3.05, 3.63) is 30.3 Å². The van der Waals surface area contributed by atoms with Crippen molar-refractivity contribution >= 4 is 17.5 Å². The minimum Gasteiger partial charge on any atom is -0.365 e. The number of carbonyl (C=O) groups excluding carboxylic acids is 2. The zero-order chi connectivity index (χ0) is 18.2. The Morgan fingerprint density at radius 1 is 1.04 bits per heavy atom. The number of likely N-dealkylation sites (tertiary alicyclic amines) is 1. The predicted octanol–water partition coefficient (Wildman–Crippen LogP) is 2.12. The first-order valence-corrected chi connectivity index (χ1v) is 9.70. The van der Waals surface area contributed by atoms with Gasteiger partial charge in [0.2, 0.25) is 5.91 Å². The summed E-state index contributed by atoms with van der Waals surface area (Å²) in [7, 11) is 0. The van der Waals surface area contributed by atoms with Crippen LogP contribution in [0.4, 0.5) is 5.69 Å². The lowest BCUT2D eigenvalue weighted by molar-refractivity contribution is -0.144. The molecule has 0 saturated carbocycles. The molecule has 1 aromatic rings. The van der Waals surface area contributed by atoms with Crippen LogP contribution in [-0.4, -0.2) is 67.0 Å². The maximum atomic E-state index is 12.6. The molecule has 0 aliphatic carbocycles. The van der Waals surface area contributed by atoms with Crippen LogP contribution in [0.3, 0.4) is 0 Å². The quantitative estimate of drug-likeness (QED) is 0.875. The summed E-state index contributed by atoms with van der Waals surface area (Å²) in [5, 5.41) is 2.85. The zero-order valence-electron chi connectivity index (χ0n) is 15.4. The average molecular weight is 359 g/mol. The standard InChI is InChI=1S/C20H29N3O3/c24-19(10-13-22-11-6-1-2-7-12-22)23-14-15-26-18(16-23)20(25)21-17-8-4-3-5-9-17/h3-5,8-9,18H,1-2,6-7,10-16H2,(H,21,25)/t18-/m0/s1. The van der Waals surface area contributed by atoms with Crippen molar-refractivity contribution < 1.29 is 14.3 Å². The lowest BCUT2D eigenvalue weighted by Gasteiger charge is -2.32. The number of benzene rings is 1. The first kappa shape index (κ1) is 18.9. The van der Waals surface area contributed by atoms with E-state index in [-0.39, 0.29) is 11.8 Å². The Labute approximate surface area is 155 Å². The van der Waals surface area contributed by atoms with Gasteiger partial charge in [-0.15, -0.1) is 0 Å². The minimum atomic E-state index is -0.605. The van der Waals surface area contributed by atoms with Gasteiger partial charge in [-0.2, -0.15) is 0 Å². The average Bonchev–Trinajstić information content (AvgIpc) is 2.96. The molecule has 0 spiro atoms. The number of para-hydroxylation sites is 1. The van der Waals surface area contributed by atoms with Crippen molar-refractivity contribution in [3.8, 4) is 0 Å². The molecule has 3 rings (SSSR count). The molecule has 1 aromatic carbocycles. The number of hydrogen-bond acceptors (Lipinski definition) is 4. The summed E-state index contributed by atoms with van der Waals surface area (Å²) in [6.45, 7) is 4.31. The number of nitrogens with zero attached hydrogens (tertiary/aromatic N) is 2. The van der Waals surface area contributed by atoms with Crippen LogP contribution in [0.15, 0.2) is 30.3 Å². The number of anilines is 1. The van der Waals surface area contributed by atoms with Gasteiger partial charge in [0.1, 0.15) is 0 Å². The number of ether oxygens (including phenoxy) is 1. The number of nitrogens with one attached hydrogen (secondary N) is 1. The molecule has 0 unspecified atom stereocenters. The molecule has 1 atom stereocenters. The van der Waals surface area contributed by atoms with Gasteiger partial charge in [0.05, 0.1) is 13.2 Å². The molecule has 2 fully saturated rings. The van der Waals surface area contributed by atoms with Gasteiger partial charge in [0, 0.05) is 25.2 Å². The number of morpholine rings is 1. The normalized spacial score (nSPS) is 21.8. The Morgan fingerprint density at radius 2 is 1.77 bits per heavy atom. The summed E-state index contributed by atoms with van der Waals surface area (Å²) in [5.74, 6) is -0.0729. The van der Waals surface area contributed by atoms with E-state index in [1.54, 1.807) is 4.90 Å². The van der Waals surface area contributed by atoms with Gasteiger partial charge in [-0.3, -0.25) is 9.59 Å². The second kappa shape index (κ2) is 9.69. The van der Waals surface area contributed by atoms with E-state index in [1.165, 1.54) is 25.7 Å². The van der Waals surface area contributed by atoms with Gasteiger partial charge in [-0.05, 0) is 38.1 Å². The molecule has 26 heavy (non-hydrogen) atoms. The third-order valence-corrected chi connectivity index (χ3v) is 5.09. The maximum absolute atomic E-state index is 12.6. The van der Waals surface area contributed by atoms with Crippen LogP contribution in [0.2, 0.25) is 0 Å². The number of rotatable bonds is 5. The second-order valence-electron chi connectivity index (χ2n) is 7.06. The molecule has 6 nitrogen and oxygen atoms in total. The minimum absolute atomic E-state index is 0.120. The second-order valence-corrected chi connectivity index (χ2v) is 7.06. The number of amides is 2. The van der Waals surface area contributed by atoms with Crippen molar-refractivity contribution in [1.82, 2.24) is 9.80 Å². The molecule has 1 N–H and O–H groups in total. The van der Waals surface area contributed by atoms with Crippen molar-refractivity contribution in [1.29, 1.82) is 0 Å². The van der Waals surface area contributed by atoms with Gasteiger partial charge in [-0.1, -0.05) is 31.0 Å². The third-order valence-electron chi connectivity index (χ3n) is 5.09. The van der Waals surface area contributed by atoms with Gasteiger partial charge in [0.15, 0.2) is 6.10 Å². The summed E-state index contributed by atoms with van der Waals surface area (Å²) in [6, 6.07) is 9.32. The molecular formula is C20H29N3O3. The fourth-order valence-electron chi connectivity index (χ4n) is 3.55. The molecule has 6 heteroatoms. The van der Waals surface area contributed by atoms with Gasteiger partial charge < -0.3 is 19.9 Å². The van der Waals surface area contributed by atoms with Crippen LogP contribution in [0, 0.1) is 0 Å². The zero-order valence-corrected chi connectivity index (χ0v) is 15.4. The smallest absolute Gasteiger partial charge is 0.255 e. The van der Waals surface area contributed by atoms with E-state index >= 15 is 0 Å². The highest BCUT2D eigenvalue weighted by atomic mass is 16.5. The lowest BCUT2D eigenvalue weighted by Crippen LogP contribution is -2.50. The highest BCUT2D eigenvalue weighted by Crippen LogP contribution is 2.13. The molecule has 2 saturated heterocycles. The van der Waals surface area contributed by atoms with E-state index in [9.17, 15) is 9.59 Å². The SMILES string of the molecule is O=C(Nc1ccccc1)[C@@H]1CN(C(=O)CCN2CCCCCC2)CCO1. The predicted molar refractivity (Wildman–Crippen MR) is 101 cm³/mol. The highest BCUT2D eigenvalue weighted by molar-refractivity contribution is 5.94. The van der Waals surface area contributed by atoms with Crippen LogP contribution in [-0.2, 0) is 14.3 Å². The third kappa shape index (κ3) is 5.54. The number of carbonyl (C=O) groups is 2. The van der Waals surface area contributed by atoms with Crippen LogP contribution < -0.4 is 5.32 Å². The molecule has 2 aliphatic rings. The Kier molecular flexibility index (Phi) is 7.03. The van der Waals surface area contributed by atoms with Gasteiger partial charge in [-0.25, -0.2) is 0 Å². The summed E-state index contributed by atoms with van der Waals surface area (Å²) in [6.07, 6.45) is 4.97. The Balaban J connectivity index is 1.46. The van der Waals surface area contributed by atoms with E-state index in [1.807, 2.05) is 30.3 Å². The van der Waals surface area contributed by atoms with E-state index in [0.29, 0.717) is 26.1 Å². The Morgan fingerprint density at radius 3 is 2.50 bits per heavy atom. The monoisotopic (exact) mass is 359 g/mol. The van der Waals surface area contributed by atoms with Crippen LogP contribution >= 0.6 is 0 Å². The van der Waals surface area contributed by atoms with Crippen molar-refractivity contribution in [2.45, 2.75) is 38.2 Å². The largest absolute Gasteiger partial charge is 0.365 e. The molecular weight excluding hydrogens is 330 g/mol. The summed E-state index contributed by atoms with van der Waals surface area (Å²) in [5.41, 5.74) is 0.741. The fraction of sp³-hybridized carbons (Fsp3) is 0.600. The topological polar surface area (TPSA) is 61.9 Å². The van der Waals surface area contributed by atoms with E-state index < -0.39 is 6.10 Å². The van der Waals surface area contributed by atoms with Gasteiger partial charge in [0.25, 0.3) is 5.91 Å². The van der Waals surface area contributed by atoms with Crippen LogP contribution in [0.5, 0.6) is 0 Å².